The molecule has 4 rings (SSSR count). The number of hydrogen-bond donors (Lipinski definition) is 0. The van der Waals surface area contributed by atoms with E-state index >= 15 is 0 Å². The Labute approximate surface area is 188 Å². The molecule has 32 heavy (non-hydrogen) atoms. The number of hydrogen-bond acceptors (Lipinski definition) is 6. The molecule has 0 atom stereocenters. The summed E-state index contributed by atoms with van der Waals surface area (Å²) in [6.07, 6.45) is 6.00. The summed E-state index contributed by atoms with van der Waals surface area (Å²) < 4.78 is 53.8. The predicted molar refractivity (Wildman–Crippen MR) is 119 cm³/mol. The number of aromatic nitrogens is 1. The van der Waals surface area contributed by atoms with Crippen LogP contribution in [0.4, 0.5) is 5.69 Å². The normalized spacial score (nSPS) is 17.5. The molecule has 172 valence electrons. The topological polar surface area (TPSA) is 108 Å². The highest BCUT2D eigenvalue weighted by Crippen LogP contribution is 2.32. The third-order valence-corrected chi connectivity index (χ3v) is 9.58. The number of nitrogens with zero attached hydrogens (tertiary/aromatic N) is 4. The monoisotopic (exact) mass is 478 g/mol. The van der Waals surface area contributed by atoms with Gasteiger partial charge in [0.25, 0.3) is 0 Å². The van der Waals surface area contributed by atoms with E-state index in [9.17, 15) is 21.6 Å². The lowest BCUT2D eigenvalue weighted by Crippen LogP contribution is -2.40. The van der Waals surface area contributed by atoms with Crippen molar-refractivity contribution in [2.75, 3.05) is 38.1 Å². The molecule has 2 aliphatic heterocycles. The van der Waals surface area contributed by atoms with Gasteiger partial charge in [0.2, 0.25) is 26.0 Å². The fraction of sp³-hybridized carbons (Fsp3) is 0.429. The van der Waals surface area contributed by atoms with E-state index in [1.165, 1.54) is 46.8 Å². The lowest BCUT2D eigenvalue weighted by Gasteiger charge is -2.26. The number of benzene rings is 1. The number of sulfonamides is 2. The molecule has 3 heterocycles. The summed E-state index contributed by atoms with van der Waals surface area (Å²) in [6.45, 7) is 1.11. The van der Waals surface area contributed by atoms with Gasteiger partial charge in [0.05, 0.1) is 11.4 Å². The Bertz CT molecular complexity index is 1210. The van der Waals surface area contributed by atoms with Gasteiger partial charge in [-0.2, -0.15) is 8.61 Å². The molecule has 1 amide bonds. The standard InChI is InChI=1S/C21H26N4O5S2/c1-23(31(27,28)19-6-5-10-22-15-19)16-21(26)25-13-9-17-14-18(7-8-20(17)25)32(29,30)24-11-3-2-4-12-24/h5-8,10,14-15H,2-4,9,11-13,16H2,1H3. The summed E-state index contributed by atoms with van der Waals surface area (Å²) in [5, 5.41) is 0. The molecule has 0 N–H and O–H groups in total. The Morgan fingerprint density at radius 3 is 2.47 bits per heavy atom. The molecule has 0 radical (unpaired) electrons. The minimum atomic E-state index is -3.84. The second-order valence-corrected chi connectivity index (χ2v) is 12.0. The Hall–Kier alpha value is -2.34. The largest absolute Gasteiger partial charge is 0.311 e. The molecule has 0 bridgehead atoms. The van der Waals surface area contributed by atoms with Crippen molar-refractivity contribution in [2.24, 2.45) is 0 Å². The van der Waals surface area contributed by atoms with Crippen molar-refractivity contribution in [1.82, 2.24) is 13.6 Å². The second kappa shape index (κ2) is 8.89. The smallest absolute Gasteiger partial charge is 0.244 e. The number of carbonyl (C=O) groups excluding carboxylic acids is 1. The lowest BCUT2D eigenvalue weighted by molar-refractivity contribution is -0.118. The van der Waals surface area contributed by atoms with Crippen molar-refractivity contribution in [3.05, 3.63) is 48.3 Å². The van der Waals surface area contributed by atoms with Crippen LogP contribution in [0.15, 0.2) is 52.5 Å². The predicted octanol–water partition coefficient (Wildman–Crippen LogP) is 1.47. The first-order valence-electron chi connectivity index (χ1n) is 10.5. The zero-order valence-electron chi connectivity index (χ0n) is 17.8. The molecule has 0 aliphatic carbocycles. The highest BCUT2D eigenvalue weighted by atomic mass is 32.2. The van der Waals surface area contributed by atoms with Gasteiger partial charge in [-0.15, -0.1) is 0 Å². The van der Waals surface area contributed by atoms with E-state index in [1.54, 1.807) is 12.1 Å². The Morgan fingerprint density at radius 2 is 1.78 bits per heavy atom. The summed E-state index contributed by atoms with van der Waals surface area (Å²) in [7, 11) is -6.04. The average molecular weight is 479 g/mol. The third-order valence-electron chi connectivity index (χ3n) is 5.90. The Morgan fingerprint density at radius 1 is 1.03 bits per heavy atom. The molecule has 0 saturated carbocycles. The van der Waals surface area contributed by atoms with Crippen molar-refractivity contribution in [1.29, 1.82) is 0 Å². The van der Waals surface area contributed by atoms with Crippen molar-refractivity contribution in [3.63, 3.8) is 0 Å². The Kier molecular flexibility index (Phi) is 6.35. The number of amides is 1. The zero-order chi connectivity index (χ0) is 22.9. The van der Waals surface area contributed by atoms with Crippen LogP contribution in [0.2, 0.25) is 0 Å². The fourth-order valence-corrected chi connectivity index (χ4v) is 6.75. The van der Waals surface area contributed by atoms with Crippen molar-refractivity contribution < 1.29 is 21.6 Å². The quantitative estimate of drug-likeness (QED) is 0.622. The molecule has 1 aromatic heterocycles. The summed E-state index contributed by atoms with van der Waals surface area (Å²) >= 11 is 0. The molecule has 1 aromatic carbocycles. The van der Waals surface area contributed by atoms with Gasteiger partial charge in [0.15, 0.2) is 0 Å². The first-order chi connectivity index (χ1) is 15.2. The molecule has 1 fully saturated rings. The van der Waals surface area contributed by atoms with E-state index in [-0.39, 0.29) is 22.2 Å². The SMILES string of the molecule is CN(CC(=O)N1CCc2cc(S(=O)(=O)N3CCCCC3)ccc21)S(=O)(=O)c1cccnc1. The van der Waals surface area contributed by atoms with Crippen LogP contribution in [0.3, 0.4) is 0 Å². The van der Waals surface area contributed by atoms with Crippen LogP contribution in [-0.2, 0) is 31.3 Å². The van der Waals surface area contributed by atoms with E-state index in [2.05, 4.69) is 4.98 Å². The van der Waals surface area contributed by atoms with Crippen LogP contribution in [0.5, 0.6) is 0 Å². The van der Waals surface area contributed by atoms with Crippen LogP contribution >= 0.6 is 0 Å². The molecular weight excluding hydrogens is 452 g/mol. The number of piperidine rings is 1. The molecule has 2 aromatic rings. The zero-order valence-corrected chi connectivity index (χ0v) is 19.5. The molecule has 2 aliphatic rings. The van der Waals surface area contributed by atoms with Crippen molar-refractivity contribution >= 4 is 31.6 Å². The van der Waals surface area contributed by atoms with E-state index < -0.39 is 20.0 Å². The summed E-state index contributed by atoms with van der Waals surface area (Å²) in [5.41, 5.74) is 1.40. The summed E-state index contributed by atoms with van der Waals surface area (Å²) in [6, 6.07) is 7.77. The number of carbonyl (C=O) groups is 1. The lowest BCUT2D eigenvalue weighted by atomic mass is 10.2. The van der Waals surface area contributed by atoms with Crippen molar-refractivity contribution in [3.8, 4) is 0 Å². The van der Waals surface area contributed by atoms with Gasteiger partial charge in [0, 0.05) is 44.8 Å². The highest BCUT2D eigenvalue weighted by Gasteiger charge is 2.32. The van der Waals surface area contributed by atoms with Gasteiger partial charge in [-0.1, -0.05) is 6.42 Å². The summed E-state index contributed by atoms with van der Waals surface area (Å²) in [4.78, 5) is 18.5. The van der Waals surface area contributed by atoms with E-state index in [1.807, 2.05) is 0 Å². The maximum Gasteiger partial charge on any atom is 0.244 e. The first kappa shape index (κ1) is 22.8. The number of likely N-dealkylation sites (N-methyl/N-ethyl adjacent to an activating group) is 1. The second-order valence-electron chi connectivity index (χ2n) is 8.00. The fourth-order valence-electron chi connectivity index (χ4n) is 4.09. The molecular formula is C21H26N4O5S2. The minimum Gasteiger partial charge on any atom is -0.311 e. The molecule has 9 nitrogen and oxygen atoms in total. The van der Waals surface area contributed by atoms with Gasteiger partial charge >= 0.3 is 0 Å². The molecule has 0 unspecified atom stereocenters. The molecule has 0 spiro atoms. The number of rotatable bonds is 6. The van der Waals surface area contributed by atoms with Crippen LogP contribution in [-0.4, -0.2) is 69.6 Å². The third kappa shape index (κ3) is 4.29. The molecule has 1 saturated heterocycles. The van der Waals surface area contributed by atoms with Crippen LogP contribution in [0.25, 0.3) is 0 Å². The van der Waals surface area contributed by atoms with Gasteiger partial charge in [0.1, 0.15) is 4.90 Å². The maximum absolute atomic E-state index is 13.0. The minimum absolute atomic E-state index is 0.0182. The first-order valence-corrected chi connectivity index (χ1v) is 13.4. The molecule has 11 heteroatoms. The van der Waals surface area contributed by atoms with Gasteiger partial charge in [-0.3, -0.25) is 9.78 Å². The summed E-state index contributed by atoms with van der Waals surface area (Å²) in [5.74, 6) is -0.370. The number of anilines is 1. The van der Waals surface area contributed by atoms with Crippen LogP contribution < -0.4 is 4.90 Å². The van der Waals surface area contributed by atoms with E-state index in [0.29, 0.717) is 31.7 Å². The van der Waals surface area contributed by atoms with E-state index in [4.69, 9.17) is 0 Å². The maximum atomic E-state index is 13.0. The van der Waals surface area contributed by atoms with Gasteiger partial charge in [-0.05, 0) is 55.2 Å². The number of fused-ring (bicyclic) bond motifs is 1. The average Bonchev–Trinajstić information content (AvgIpc) is 3.23. The van der Waals surface area contributed by atoms with Crippen molar-refractivity contribution in [2.45, 2.75) is 35.5 Å². The van der Waals surface area contributed by atoms with Crippen LogP contribution in [0, 0.1) is 0 Å². The van der Waals surface area contributed by atoms with E-state index in [0.717, 1.165) is 29.1 Å². The Balaban J connectivity index is 1.50. The number of pyridine rings is 1. The van der Waals surface area contributed by atoms with Gasteiger partial charge in [-0.25, -0.2) is 16.8 Å². The van der Waals surface area contributed by atoms with Crippen LogP contribution in [0.1, 0.15) is 24.8 Å². The highest BCUT2D eigenvalue weighted by molar-refractivity contribution is 7.89. The van der Waals surface area contributed by atoms with Gasteiger partial charge < -0.3 is 4.90 Å².